The standard InChI is InChI=1S/C18H17ClN2OS/c1-18(2,3)17(22)20-11-8-9-13(19)12(10-11)16-21-14-6-4-5-7-15(14)23-16/h4-10H,1-3H3,(H,20,22). The Morgan fingerprint density at radius 2 is 1.91 bits per heavy atom. The van der Waals surface area contributed by atoms with Gasteiger partial charge in [-0.15, -0.1) is 11.3 Å². The second-order valence-electron chi connectivity index (χ2n) is 6.39. The zero-order valence-electron chi connectivity index (χ0n) is 13.2. The number of benzene rings is 2. The van der Waals surface area contributed by atoms with E-state index in [4.69, 9.17) is 11.6 Å². The molecule has 0 unspecified atom stereocenters. The molecule has 0 aliphatic rings. The molecular formula is C18H17ClN2OS. The van der Waals surface area contributed by atoms with Gasteiger partial charge in [0.25, 0.3) is 0 Å². The van der Waals surface area contributed by atoms with Gasteiger partial charge in [-0.05, 0) is 30.3 Å². The van der Waals surface area contributed by atoms with E-state index in [-0.39, 0.29) is 5.91 Å². The van der Waals surface area contributed by atoms with Gasteiger partial charge in [0.2, 0.25) is 5.91 Å². The number of nitrogens with zero attached hydrogens (tertiary/aromatic N) is 1. The monoisotopic (exact) mass is 344 g/mol. The second kappa shape index (κ2) is 5.95. The van der Waals surface area contributed by atoms with Gasteiger partial charge in [-0.2, -0.15) is 0 Å². The summed E-state index contributed by atoms with van der Waals surface area (Å²) in [6, 6.07) is 13.5. The summed E-state index contributed by atoms with van der Waals surface area (Å²) < 4.78 is 1.11. The third-order valence-electron chi connectivity index (χ3n) is 3.43. The first-order valence-electron chi connectivity index (χ1n) is 7.31. The van der Waals surface area contributed by atoms with E-state index in [1.54, 1.807) is 17.4 Å². The van der Waals surface area contributed by atoms with Crippen LogP contribution in [0.25, 0.3) is 20.8 Å². The number of hydrogen-bond acceptors (Lipinski definition) is 3. The van der Waals surface area contributed by atoms with E-state index in [1.165, 1.54) is 0 Å². The van der Waals surface area contributed by atoms with Crippen molar-refractivity contribution in [3.8, 4) is 10.6 Å². The number of anilines is 1. The first-order chi connectivity index (χ1) is 10.8. The Labute approximate surface area is 144 Å². The molecule has 118 valence electrons. The fraction of sp³-hybridized carbons (Fsp3) is 0.222. The second-order valence-corrected chi connectivity index (χ2v) is 7.82. The van der Waals surface area contributed by atoms with E-state index in [0.29, 0.717) is 5.02 Å². The lowest BCUT2D eigenvalue weighted by Crippen LogP contribution is -2.27. The zero-order valence-corrected chi connectivity index (χ0v) is 14.8. The molecular weight excluding hydrogens is 328 g/mol. The Bertz CT molecular complexity index is 847. The molecule has 3 aromatic rings. The first kappa shape index (κ1) is 16.0. The highest BCUT2D eigenvalue weighted by Gasteiger charge is 2.21. The maximum atomic E-state index is 12.2. The lowest BCUT2D eigenvalue weighted by Gasteiger charge is -2.18. The van der Waals surface area contributed by atoms with Gasteiger partial charge in [0.05, 0.1) is 15.2 Å². The molecule has 1 amide bonds. The molecule has 3 rings (SSSR count). The number of aromatic nitrogens is 1. The van der Waals surface area contributed by atoms with Crippen molar-refractivity contribution in [3.63, 3.8) is 0 Å². The van der Waals surface area contributed by atoms with Gasteiger partial charge in [-0.1, -0.05) is 44.5 Å². The summed E-state index contributed by atoms with van der Waals surface area (Å²) in [5, 5.41) is 4.41. The number of fused-ring (bicyclic) bond motifs is 1. The molecule has 3 nitrogen and oxygen atoms in total. The van der Waals surface area contributed by atoms with Gasteiger partial charge >= 0.3 is 0 Å². The molecule has 0 aliphatic heterocycles. The highest BCUT2D eigenvalue weighted by Crippen LogP contribution is 2.36. The maximum absolute atomic E-state index is 12.2. The lowest BCUT2D eigenvalue weighted by molar-refractivity contribution is -0.123. The minimum atomic E-state index is -0.449. The summed E-state index contributed by atoms with van der Waals surface area (Å²) in [6.07, 6.45) is 0. The van der Waals surface area contributed by atoms with E-state index in [9.17, 15) is 4.79 Å². The quantitative estimate of drug-likeness (QED) is 0.657. The number of amides is 1. The molecule has 5 heteroatoms. The van der Waals surface area contributed by atoms with Crippen molar-refractivity contribution in [3.05, 3.63) is 47.5 Å². The van der Waals surface area contributed by atoms with Gasteiger partial charge in [-0.3, -0.25) is 4.79 Å². The predicted octanol–water partition coefficient (Wildman–Crippen LogP) is 5.60. The van der Waals surface area contributed by atoms with Crippen molar-refractivity contribution in [1.29, 1.82) is 0 Å². The van der Waals surface area contributed by atoms with E-state index < -0.39 is 5.41 Å². The molecule has 23 heavy (non-hydrogen) atoms. The van der Waals surface area contributed by atoms with Crippen LogP contribution in [0.1, 0.15) is 20.8 Å². The minimum absolute atomic E-state index is 0.0323. The summed E-state index contributed by atoms with van der Waals surface area (Å²) in [5.41, 5.74) is 2.06. The Hall–Kier alpha value is -1.91. The lowest BCUT2D eigenvalue weighted by atomic mass is 9.95. The number of para-hydroxylation sites is 1. The predicted molar refractivity (Wildman–Crippen MR) is 98.2 cm³/mol. The molecule has 2 aromatic carbocycles. The van der Waals surface area contributed by atoms with Crippen molar-refractivity contribution < 1.29 is 4.79 Å². The van der Waals surface area contributed by atoms with E-state index >= 15 is 0 Å². The van der Waals surface area contributed by atoms with Gasteiger partial charge < -0.3 is 5.32 Å². The number of hydrogen-bond donors (Lipinski definition) is 1. The molecule has 0 aliphatic carbocycles. The molecule has 0 atom stereocenters. The van der Waals surface area contributed by atoms with Crippen LogP contribution in [-0.4, -0.2) is 10.9 Å². The highest BCUT2D eigenvalue weighted by molar-refractivity contribution is 7.21. The molecule has 1 aromatic heterocycles. The van der Waals surface area contributed by atoms with Crippen LogP contribution in [-0.2, 0) is 4.79 Å². The molecule has 1 N–H and O–H groups in total. The molecule has 0 saturated carbocycles. The Balaban J connectivity index is 1.99. The van der Waals surface area contributed by atoms with Gasteiger partial charge in [0.15, 0.2) is 0 Å². The summed E-state index contributed by atoms with van der Waals surface area (Å²) >= 11 is 7.93. The van der Waals surface area contributed by atoms with Crippen LogP contribution >= 0.6 is 22.9 Å². The topological polar surface area (TPSA) is 42.0 Å². The largest absolute Gasteiger partial charge is 0.326 e. The maximum Gasteiger partial charge on any atom is 0.229 e. The van der Waals surface area contributed by atoms with Crippen molar-refractivity contribution in [2.45, 2.75) is 20.8 Å². The third kappa shape index (κ3) is 3.38. The Morgan fingerprint density at radius 1 is 1.17 bits per heavy atom. The number of halogens is 1. The Kier molecular flexibility index (Phi) is 4.13. The van der Waals surface area contributed by atoms with Crippen LogP contribution < -0.4 is 5.32 Å². The van der Waals surface area contributed by atoms with Crippen molar-refractivity contribution in [1.82, 2.24) is 4.98 Å². The van der Waals surface area contributed by atoms with Crippen LogP contribution in [0.4, 0.5) is 5.69 Å². The number of carbonyl (C=O) groups excluding carboxylic acids is 1. The molecule has 0 saturated heterocycles. The van der Waals surface area contributed by atoms with Crippen LogP contribution in [0, 0.1) is 5.41 Å². The summed E-state index contributed by atoms with van der Waals surface area (Å²) in [6.45, 7) is 5.64. The van der Waals surface area contributed by atoms with Crippen molar-refractivity contribution >= 4 is 44.7 Å². The van der Waals surface area contributed by atoms with Gasteiger partial charge in [0, 0.05) is 16.7 Å². The van der Waals surface area contributed by atoms with E-state index in [0.717, 1.165) is 26.5 Å². The zero-order chi connectivity index (χ0) is 16.6. The number of thiazole rings is 1. The molecule has 0 fully saturated rings. The van der Waals surface area contributed by atoms with Crippen molar-refractivity contribution in [2.24, 2.45) is 5.41 Å². The molecule has 1 heterocycles. The normalized spacial score (nSPS) is 11.7. The molecule has 0 radical (unpaired) electrons. The average Bonchev–Trinajstić information content (AvgIpc) is 2.91. The number of nitrogens with one attached hydrogen (secondary N) is 1. The Morgan fingerprint density at radius 3 is 2.61 bits per heavy atom. The fourth-order valence-electron chi connectivity index (χ4n) is 2.07. The summed E-state index contributed by atoms with van der Waals surface area (Å²) in [4.78, 5) is 16.8. The fourth-order valence-corrected chi connectivity index (χ4v) is 3.33. The highest BCUT2D eigenvalue weighted by atomic mass is 35.5. The summed E-state index contributed by atoms with van der Waals surface area (Å²) in [7, 11) is 0. The minimum Gasteiger partial charge on any atom is -0.326 e. The van der Waals surface area contributed by atoms with Gasteiger partial charge in [-0.25, -0.2) is 4.98 Å². The van der Waals surface area contributed by atoms with Crippen LogP contribution in [0.2, 0.25) is 5.02 Å². The SMILES string of the molecule is CC(C)(C)C(=O)Nc1ccc(Cl)c(-c2nc3ccccc3s2)c1. The first-order valence-corrected chi connectivity index (χ1v) is 8.51. The van der Waals surface area contributed by atoms with Crippen LogP contribution in [0.3, 0.4) is 0 Å². The van der Waals surface area contributed by atoms with E-state index in [2.05, 4.69) is 10.3 Å². The van der Waals surface area contributed by atoms with Gasteiger partial charge in [0.1, 0.15) is 5.01 Å². The molecule has 0 bridgehead atoms. The number of carbonyl (C=O) groups is 1. The number of rotatable bonds is 2. The van der Waals surface area contributed by atoms with Crippen molar-refractivity contribution in [2.75, 3.05) is 5.32 Å². The third-order valence-corrected chi connectivity index (χ3v) is 4.83. The van der Waals surface area contributed by atoms with E-state index in [1.807, 2.05) is 57.2 Å². The smallest absolute Gasteiger partial charge is 0.229 e. The summed E-state index contributed by atoms with van der Waals surface area (Å²) in [5.74, 6) is -0.0323. The molecule has 0 spiro atoms. The van der Waals surface area contributed by atoms with Crippen LogP contribution in [0.5, 0.6) is 0 Å². The van der Waals surface area contributed by atoms with Crippen LogP contribution in [0.15, 0.2) is 42.5 Å². The average molecular weight is 345 g/mol.